The Morgan fingerprint density at radius 1 is 0.943 bits per heavy atom. The summed E-state index contributed by atoms with van der Waals surface area (Å²) in [7, 11) is 0. The molecule has 0 aliphatic rings. The van der Waals surface area contributed by atoms with Crippen LogP contribution in [0.2, 0.25) is 0 Å². The first-order chi connectivity index (χ1) is 16.4. The van der Waals surface area contributed by atoms with Gasteiger partial charge in [-0.1, -0.05) is 44.2 Å². The molecular formula is C23H37N7O5. The smallest absolute Gasteiger partial charge is 0.326 e. The average Bonchev–Trinajstić information content (AvgIpc) is 2.79. The summed E-state index contributed by atoms with van der Waals surface area (Å²) in [4.78, 5) is 53.4. The summed E-state index contributed by atoms with van der Waals surface area (Å²) in [5, 5.41) is 17.0. The lowest BCUT2D eigenvalue weighted by atomic mass is 10.0. The van der Waals surface area contributed by atoms with Crippen LogP contribution in [0.5, 0.6) is 0 Å². The number of aliphatic imine (C=N–C) groups is 1. The molecule has 0 fully saturated rings. The number of amides is 3. The second kappa shape index (κ2) is 14.6. The summed E-state index contributed by atoms with van der Waals surface area (Å²) in [6.45, 7) is 5.12. The lowest BCUT2D eigenvalue weighted by Crippen LogP contribution is -2.57. The molecule has 0 spiro atoms. The van der Waals surface area contributed by atoms with Crippen LogP contribution in [-0.2, 0) is 25.6 Å². The van der Waals surface area contributed by atoms with Crippen LogP contribution in [0.3, 0.4) is 0 Å². The van der Waals surface area contributed by atoms with E-state index in [2.05, 4.69) is 20.9 Å². The molecule has 1 aromatic rings. The zero-order chi connectivity index (χ0) is 26.5. The summed E-state index contributed by atoms with van der Waals surface area (Å²) in [6, 6.07) is 4.93. The van der Waals surface area contributed by atoms with E-state index in [9.17, 15) is 24.3 Å². The van der Waals surface area contributed by atoms with Gasteiger partial charge in [-0.15, -0.1) is 0 Å². The molecule has 12 nitrogen and oxygen atoms in total. The molecular weight excluding hydrogens is 454 g/mol. The van der Waals surface area contributed by atoms with Crippen molar-refractivity contribution in [1.29, 1.82) is 0 Å². The number of carboxylic acid groups (broad SMARTS) is 1. The molecule has 4 atom stereocenters. The molecule has 0 bridgehead atoms. The minimum absolute atomic E-state index is 0.0505. The van der Waals surface area contributed by atoms with Gasteiger partial charge in [0.05, 0.1) is 6.04 Å². The van der Waals surface area contributed by atoms with Gasteiger partial charge in [0.1, 0.15) is 18.1 Å². The van der Waals surface area contributed by atoms with E-state index in [1.54, 1.807) is 38.1 Å². The van der Waals surface area contributed by atoms with E-state index in [-0.39, 0.29) is 18.3 Å². The zero-order valence-electron chi connectivity index (χ0n) is 20.4. The van der Waals surface area contributed by atoms with E-state index >= 15 is 0 Å². The molecule has 3 amide bonds. The van der Waals surface area contributed by atoms with Gasteiger partial charge in [-0.3, -0.25) is 19.4 Å². The number of guanidine groups is 1. The van der Waals surface area contributed by atoms with E-state index in [0.29, 0.717) is 19.4 Å². The third-order valence-corrected chi connectivity index (χ3v) is 5.20. The van der Waals surface area contributed by atoms with Gasteiger partial charge in [0.2, 0.25) is 17.7 Å². The molecule has 0 radical (unpaired) electrons. The number of aliphatic carboxylic acids is 1. The predicted octanol–water partition coefficient (Wildman–Crippen LogP) is -1.18. The third kappa shape index (κ3) is 10.9. The van der Waals surface area contributed by atoms with E-state index in [4.69, 9.17) is 17.2 Å². The molecule has 4 unspecified atom stereocenters. The Labute approximate surface area is 205 Å². The highest BCUT2D eigenvalue weighted by molar-refractivity contribution is 5.94. The fourth-order valence-electron chi connectivity index (χ4n) is 3.16. The number of carbonyl (C=O) groups excluding carboxylic acids is 3. The van der Waals surface area contributed by atoms with Gasteiger partial charge < -0.3 is 38.3 Å². The molecule has 1 aromatic carbocycles. The van der Waals surface area contributed by atoms with Gasteiger partial charge in [-0.05, 0) is 31.2 Å². The summed E-state index contributed by atoms with van der Waals surface area (Å²) in [5.74, 6) is -3.38. The summed E-state index contributed by atoms with van der Waals surface area (Å²) in [6.07, 6.45) is 0.919. The Morgan fingerprint density at radius 3 is 2.11 bits per heavy atom. The number of hydrogen-bond acceptors (Lipinski definition) is 6. The first-order valence-electron chi connectivity index (χ1n) is 11.4. The number of nitrogens with zero attached hydrogens (tertiary/aromatic N) is 1. The molecule has 1 rings (SSSR count). The largest absolute Gasteiger partial charge is 0.480 e. The van der Waals surface area contributed by atoms with Gasteiger partial charge in [0, 0.05) is 13.0 Å². The number of carbonyl (C=O) groups is 4. The number of carboxylic acids is 1. The monoisotopic (exact) mass is 491 g/mol. The van der Waals surface area contributed by atoms with E-state index in [0.717, 1.165) is 5.56 Å². The van der Waals surface area contributed by atoms with Crippen molar-refractivity contribution >= 4 is 29.7 Å². The minimum atomic E-state index is -1.17. The zero-order valence-corrected chi connectivity index (χ0v) is 20.4. The van der Waals surface area contributed by atoms with E-state index in [1.165, 1.54) is 6.92 Å². The van der Waals surface area contributed by atoms with Gasteiger partial charge in [-0.2, -0.15) is 0 Å². The maximum Gasteiger partial charge on any atom is 0.326 e. The van der Waals surface area contributed by atoms with Gasteiger partial charge >= 0.3 is 5.97 Å². The minimum Gasteiger partial charge on any atom is -0.480 e. The fourth-order valence-corrected chi connectivity index (χ4v) is 3.16. The molecule has 0 heterocycles. The Morgan fingerprint density at radius 2 is 1.57 bits per heavy atom. The first-order valence-corrected chi connectivity index (χ1v) is 11.4. The first kappa shape index (κ1) is 29.4. The van der Waals surface area contributed by atoms with Crippen molar-refractivity contribution in [2.45, 2.75) is 64.2 Å². The van der Waals surface area contributed by atoms with Gasteiger partial charge in [-0.25, -0.2) is 4.79 Å². The van der Waals surface area contributed by atoms with E-state index < -0.39 is 47.9 Å². The average molecular weight is 492 g/mol. The van der Waals surface area contributed by atoms with Crippen molar-refractivity contribution in [1.82, 2.24) is 16.0 Å². The molecule has 0 aliphatic carbocycles. The Balaban J connectivity index is 2.82. The molecule has 194 valence electrons. The standard InChI is InChI=1S/C23H37N7O5/c1-13(2)18(22(34)35)30-21(33)17(12-15-8-5-4-6-9-15)29-19(31)14(3)28-20(32)16(24)10-7-11-27-23(25)26/h4-6,8-9,13-14,16-18H,7,10-12,24H2,1-3H3,(H,28,32)(H,29,31)(H,30,33)(H,34,35)(H4,25,26,27). The Kier molecular flexibility index (Phi) is 12.2. The van der Waals surface area contributed by atoms with Crippen molar-refractivity contribution < 1.29 is 24.3 Å². The summed E-state index contributed by atoms with van der Waals surface area (Å²) < 4.78 is 0. The number of nitrogens with two attached hydrogens (primary N) is 3. The van der Waals surface area contributed by atoms with Crippen LogP contribution in [0, 0.1) is 5.92 Å². The molecule has 0 saturated carbocycles. The van der Waals surface area contributed by atoms with Gasteiger partial charge in [0.15, 0.2) is 5.96 Å². The van der Waals surface area contributed by atoms with Crippen LogP contribution < -0.4 is 33.2 Å². The number of hydrogen-bond donors (Lipinski definition) is 7. The Bertz CT molecular complexity index is 888. The van der Waals surface area contributed by atoms with E-state index in [1.807, 2.05) is 6.07 Å². The molecule has 35 heavy (non-hydrogen) atoms. The lowest BCUT2D eigenvalue weighted by molar-refractivity contribution is -0.143. The highest BCUT2D eigenvalue weighted by Crippen LogP contribution is 2.07. The van der Waals surface area contributed by atoms with Crippen LogP contribution >= 0.6 is 0 Å². The van der Waals surface area contributed by atoms with Crippen LogP contribution in [-0.4, -0.2) is 65.5 Å². The highest BCUT2D eigenvalue weighted by Gasteiger charge is 2.30. The second-order valence-electron chi connectivity index (χ2n) is 8.60. The maximum atomic E-state index is 12.9. The maximum absolute atomic E-state index is 12.9. The van der Waals surface area contributed by atoms with Crippen LogP contribution in [0.4, 0.5) is 0 Å². The SMILES string of the molecule is CC(NC(=O)C(N)CCCN=C(N)N)C(=O)NC(Cc1ccccc1)C(=O)NC(C(=O)O)C(C)C. The molecule has 0 aliphatic heterocycles. The topological polar surface area (TPSA) is 215 Å². The van der Waals surface area contributed by atoms with Crippen LogP contribution in [0.25, 0.3) is 0 Å². The third-order valence-electron chi connectivity index (χ3n) is 5.20. The van der Waals surface area contributed by atoms with Crippen molar-refractivity contribution in [3.63, 3.8) is 0 Å². The molecule has 10 N–H and O–H groups in total. The van der Waals surface area contributed by atoms with Crippen molar-refractivity contribution in [2.24, 2.45) is 28.1 Å². The Hall–Kier alpha value is -3.67. The van der Waals surface area contributed by atoms with Crippen LogP contribution in [0.1, 0.15) is 39.2 Å². The van der Waals surface area contributed by atoms with Crippen molar-refractivity contribution in [3.8, 4) is 0 Å². The predicted molar refractivity (Wildman–Crippen MR) is 132 cm³/mol. The number of nitrogens with one attached hydrogen (secondary N) is 3. The summed E-state index contributed by atoms with van der Waals surface area (Å²) >= 11 is 0. The second-order valence-corrected chi connectivity index (χ2v) is 8.60. The fraction of sp³-hybridized carbons (Fsp3) is 0.522. The number of benzene rings is 1. The highest BCUT2D eigenvalue weighted by atomic mass is 16.4. The van der Waals surface area contributed by atoms with Crippen molar-refractivity contribution in [3.05, 3.63) is 35.9 Å². The van der Waals surface area contributed by atoms with Crippen molar-refractivity contribution in [2.75, 3.05) is 6.54 Å². The normalized spacial score (nSPS) is 14.2. The molecule has 0 aromatic heterocycles. The molecule has 0 saturated heterocycles. The number of rotatable bonds is 14. The molecule has 12 heteroatoms. The van der Waals surface area contributed by atoms with Crippen LogP contribution in [0.15, 0.2) is 35.3 Å². The summed E-state index contributed by atoms with van der Waals surface area (Å²) in [5.41, 5.74) is 17.1. The quantitative estimate of drug-likeness (QED) is 0.0953. The lowest BCUT2D eigenvalue weighted by Gasteiger charge is -2.25. The van der Waals surface area contributed by atoms with Gasteiger partial charge in [0.25, 0.3) is 0 Å².